The number of amides is 1. The van der Waals surface area contributed by atoms with Crippen molar-refractivity contribution in [2.75, 3.05) is 38.0 Å². The molecule has 27 heavy (non-hydrogen) atoms. The lowest BCUT2D eigenvalue weighted by molar-refractivity contribution is -1.02. The van der Waals surface area contributed by atoms with E-state index in [0.29, 0.717) is 0 Å². The van der Waals surface area contributed by atoms with Crippen molar-refractivity contribution in [2.45, 2.75) is 13.5 Å². The van der Waals surface area contributed by atoms with Crippen LogP contribution in [0.25, 0.3) is 0 Å². The van der Waals surface area contributed by atoms with Crippen LogP contribution >= 0.6 is 0 Å². The molecule has 144 valence electrons. The molecule has 3 N–H and O–H groups in total. The molecule has 1 fully saturated rings. The van der Waals surface area contributed by atoms with E-state index in [1.165, 1.54) is 16.0 Å². The average Bonchev–Trinajstić information content (AvgIpc) is 2.64. The number of aryl methyl sites for hydroxylation is 1. The van der Waals surface area contributed by atoms with E-state index < -0.39 is 23.4 Å². The molecule has 1 aliphatic heterocycles. The zero-order valence-corrected chi connectivity index (χ0v) is 15.2. The monoisotopic (exact) mass is 379 g/mol. The highest BCUT2D eigenvalue weighted by molar-refractivity contribution is 5.91. The van der Waals surface area contributed by atoms with E-state index in [1.54, 1.807) is 0 Å². The second kappa shape index (κ2) is 8.54. The van der Waals surface area contributed by atoms with E-state index >= 15 is 0 Å². The molecule has 0 radical (unpaired) electrons. The minimum Gasteiger partial charge on any atom is -0.322 e. The minimum atomic E-state index is -1.58. The Kier molecular flexibility index (Phi) is 6.13. The van der Waals surface area contributed by atoms with Gasteiger partial charge in [0.1, 0.15) is 32.7 Å². The summed E-state index contributed by atoms with van der Waals surface area (Å²) in [6.45, 7) is 6.75. The van der Waals surface area contributed by atoms with Crippen LogP contribution in [0.5, 0.6) is 0 Å². The molecule has 2 aromatic carbocycles. The van der Waals surface area contributed by atoms with Gasteiger partial charge < -0.3 is 15.1 Å². The molecule has 1 aliphatic rings. The Morgan fingerprint density at radius 3 is 2.41 bits per heavy atom. The molecule has 0 atom stereocenters. The minimum absolute atomic E-state index is 0.177. The lowest BCUT2D eigenvalue weighted by atomic mass is 10.1. The predicted molar refractivity (Wildman–Crippen MR) is 96.1 cm³/mol. The third-order valence-electron chi connectivity index (χ3n) is 4.92. The lowest BCUT2D eigenvalue weighted by Crippen LogP contribution is -3.28. The number of nitrogens with one attached hydrogen (secondary N) is 3. The molecule has 1 heterocycles. The normalized spacial score (nSPS) is 19.7. The Labute approximate surface area is 156 Å². The predicted octanol–water partition coefficient (Wildman–Crippen LogP) is 0.334. The van der Waals surface area contributed by atoms with Crippen molar-refractivity contribution in [1.82, 2.24) is 0 Å². The van der Waals surface area contributed by atoms with Gasteiger partial charge in [0.25, 0.3) is 5.91 Å². The second-order valence-electron chi connectivity index (χ2n) is 7.11. The van der Waals surface area contributed by atoms with Crippen LogP contribution in [0.2, 0.25) is 0 Å². The molecule has 0 unspecified atom stereocenters. The van der Waals surface area contributed by atoms with Crippen LogP contribution in [-0.4, -0.2) is 38.6 Å². The molecule has 4 nitrogen and oxygen atoms in total. The van der Waals surface area contributed by atoms with Crippen molar-refractivity contribution in [3.8, 4) is 0 Å². The number of benzene rings is 2. The summed E-state index contributed by atoms with van der Waals surface area (Å²) < 4.78 is 39.8. The summed E-state index contributed by atoms with van der Waals surface area (Å²) in [7, 11) is 0. The summed E-state index contributed by atoms with van der Waals surface area (Å²) in [4.78, 5) is 14.7. The van der Waals surface area contributed by atoms with Gasteiger partial charge in [-0.2, -0.15) is 0 Å². The Balaban J connectivity index is 1.47. The van der Waals surface area contributed by atoms with Crippen molar-refractivity contribution < 1.29 is 27.8 Å². The quantitative estimate of drug-likeness (QED) is 0.644. The highest BCUT2D eigenvalue weighted by Gasteiger charge is 2.25. The maximum absolute atomic E-state index is 13.6. The van der Waals surface area contributed by atoms with Gasteiger partial charge in [-0.1, -0.05) is 29.8 Å². The number of hydrogen-bond acceptors (Lipinski definition) is 1. The summed E-state index contributed by atoms with van der Waals surface area (Å²) in [6, 6.07) is 10.3. The molecule has 2 aromatic rings. The maximum Gasteiger partial charge on any atom is 0.279 e. The van der Waals surface area contributed by atoms with Gasteiger partial charge >= 0.3 is 0 Å². The van der Waals surface area contributed by atoms with E-state index in [2.05, 4.69) is 36.5 Å². The summed E-state index contributed by atoms with van der Waals surface area (Å²) in [5, 5.41) is 2.33. The molecule has 0 spiro atoms. The number of carbonyl (C=O) groups is 1. The number of hydrogen-bond donors (Lipinski definition) is 3. The molecule has 3 rings (SSSR count). The molecule has 0 aliphatic carbocycles. The van der Waals surface area contributed by atoms with E-state index in [-0.39, 0.29) is 12.2 Å². The molecule has 7 heteroatoms. The molecule has 0 bridgehead atoms. The SMILES string of the molecule is Cc1cccc(C[NH+]2CC[NH+](CC(=O)Nc3ccc(F)c(F)c3F)CC2)c1. The molecule has 0 saturated carbocycles. The first-order valence-corrected chi connectivity index (χ1v) is 9.08. The van der Waals surface area contributed by atoms with E-state index in [4.69, 9.17) is 0 Å². The van der Waals surface area contributed by atoms with Crippen LogP contribution in [-0.2, 0) is 11.3 Å². The molecular weight excluding hydrogens is 355 g/mol. The van der Waals surface area contributed by atoms with Crippen LogP contribution in [0.3, 0.4) is 0 Å². The van der Waals surface area contributed by atoms with Gasteiger partial charge in [-0.3, -0.25) is 4.79 Å². The first-order chi connectivity index (χ1) is 12.9. The van der Waals surface area contributed by atoms with E-state index in [9.17, 15) is 18.0 Å². The number of carbonyl (C=O) groups excluding carboxylic acids is 1. The Bertz CT molecular complexity index is 820. The number of piperazine rings is 1. The Morgan fingerprint density at radius 1 is 1.00 bits per heavy atom. The summed E-state index contributed by atoms with van der Waals surface area (Å²) >= 11 is 0. The third kappa shape index (κ3) is 5.08. The van der Waals surface area contributed by atoms with Crippen LogP contribution in [0.4, 0.5) is 18.9 Å². The van der Waals surface area contributed by atoms with E-state index in [1.807, 2.05) is 0 Å². The highest BCUT2D eigenvalue weighted by Crippen LogP contribution is 2.19. The highest BCUT2D eigenvalue weighted by atomic mass is 19.2. The first kappa shape index (κ1) is 19.4. The van der Waals surface area contributed by atoms with Crippen molar-refractivity contribution in [1.29, 1.82) is 0 Å². The fourth-order valence-corrected chi connectivity index (χ4v) is 3.47. The lowest BCUT2D eigenvalue weighted by Gasteiger charge is -2.29. The first-order valence-electron chi connectivity index (χ1n) is 9.08. The van der Waals surface area contributed by atoms with Gasteiger partial charge in [0, 0.05) is 5.56 Å². The number of quaternary nitrogens is 2. The van der Waals surface area contributed by atoms with Crippen LogP contribution in [0, 0.1) is 24.4 Å². The average molecular weight is 379 g/mol. The topological polar surface area (TPSA) is 38.0 Å². The van der Waals surface area contributed by atoms with Crippen molar-refractivity contribution in [2.24, 2.45) is 0 Å². The van der Waals surface area contributed by atoms with Crippen LogP contribution < -0.4 is 15.1 Å². The number of anilines is 1. The van der Waals surface area contributed by atoms with Gasteiger partial charge in [0.15, 0.2) is 24.0 Å². The molecular formula is C20H24F3N3O+2. The Morgan fingerprint density at radius 2 is 1.70 bits per heavy atom. The second-order valence-corrected chi connectivity index (χ2v) is 7.11. The number of halogens is 3. The zero-order chi connectivity index (χ0) is 19.4. The summed E-state index contributed by atoms with van der Waals surface area (Å²) in [5.74, 6) is -4.62. The molecule has 1 saturated heterocycles. The molecule has 0 aromatic heterocycles. The fraction of sp³-hybridized carbons (Fsp3) is 0.350. The fourth-order valence-electron chi connectivity index (χ4n) is 3.47. The zero-order valence-electron chi connectivity index (χ0n) is 15.2. The third-order valence-corrected chi connectivity index (χ3v) is 4.92. The van der Waals surface area contributed by atoms with Crippen molar-refractivity contribution in [3.05, 3.63) is 65.0 Å². The summed E-state index contributed by atoms with van der Waals surface area (Å²) in [5.41, 5.74) is 2.22. The van der Waals surface area contributed by atoms with Gasteiger partial charge in [-0.25, -0.2) is 13.2 Å². The van der Waals surface area contributed by atoms with Gasteiger partial charge in [0.05, 0.1) is 5.69 Å². The van der Waals surface area contributed by atoms with E-state index in [0.717, 1.165) is 49.8 Å². The Hall–Kier alpha value is -2.38. The van der Waals surface area contributed by atoms with Gasteiger partial charge in [0.2, 0.25) is 0 Å². The van der Waals surface area contributed by atoms with Gasteiger partial charge in [-0.15, -0.1) is 0 Å². The maximum atomic E-state index is 13.6. The number of rotatable bonds is 5. The van der Waals surface area contributed by atoms with Gasteiger partial charge in [-0.05, 0) is 19.1 Å². The molecule has 1 amide bonds. The standard InChI is InChI=1S/C20H22F3N3O/c1-14-3-2-4-15(11-14)12-25-7-9-26(10-8-25)13-18(27)24-17-6-5-16(21)19(22)20(17)23/h2-6,11H,7-10,12-13H2,1H3,(H,24,27)/p+2. The summed E-state index contributed by atoms with van der Waals surface area (Å²) in [6.07, 6.45) is 0. The van der Waals surface area contributed by atoms with Crippen molar-refractivity contribution in [3.63, 3.8) is 0 Å². The largest absolute Gasteiger partial charge is 0.322 e. The van der Waals surface area contributed by atoms with Crippen LogP contribution in [0.15, 0.2) is 36.4 Å². The smallest absolute Gasteiger partial charge is 0.279 e. The van der Waals surface area contributed by atoms with Crippen molar-refractivity contribution >= 4 is 11.6 Å². The van der Waals surface area contributed by atoms with Crippen LogP contribution in [0.1, 0.15) is 11.1 Å².